The van der Waals surface area contributed by atoms with Crippen molar-refractivity contribution in [3.63, 3.8) is 0 Å². The lowest BCUT2D eigenvalue weighted by Crippen LogP contribution is -2.25. The first-order chi connectivity index (χ1) is 13.9. The van der Waals surface area contributed by atoms with Gasteiger partial charge in [0.15, 0.2) is 0 Å². The average Bonchev–Trinajstić information content (AvgIpc) is 3.24. The van der Waals surface area contributed by atoms with Gasteiger partial charge in [-0.2, -0.15) is 5.26 Å². The van der Waals surface area contributed by atoms with Crippen molar-refractivity contribution in [3.8, 4) is 11.8 Å². The highest BCUT2D eigenvalue weighted by Gasteiger charge is 2.25. The maximum Gasteiger partial charge on any atom is 0.271 e. The van der Waals surface area contributed by atoms with Crippen LogP contribution in [0.15, 0.2) is 70.4 Å². The number of hydrogen-bond acceptors (Lipinski definition) is 5. The topological polar surface area (TPSA) is 96.9 Å². The van der Waals surface area contributed by atoms with E-state index in [2.05, 4.69) is 4.72 Å². The van der Waals surface area contributed by atoms with Gasteiger partial charge in [0.2, 0.25) is 10.0 Å². The molecule has 0 saturated carbocycles. The van der Waals surface area contributed by atoms with E-state index in [-0.39, 0.29) is 21.9 Å². The van der Waals surface area contributed by atoms with Crippen LogP contribution >= 0.6 is 11.3 Å². The summed E-state index contributed by atoms with van der Waals surface area (Å²) in [5, 5.41) is 9.91. The SMILES string of the molecule is Cn1c(CNS(=O)(=O)c2c(C#N)sc3ccccc23)cc(=O)n1-c1ccccc1. The molecular weight excluding hydrogens is 408 g/mol. The molecule has 0 aliphatic carbocycles. The summed E-state index contributed by atoms with van der Waals surface area (Å²) in [6.07, 6.45) is 0. The number of aromatic nitrogens is 2. The summed E-state index contributed by atoms with van der Waals surface area (Å²) in [6, 6.07) is 19.5. The number of nitrogens with one attached hydrogen (secondary N) is 1. The van der Waals surface area contributed by atoms with Gasteiger partial charge in [0, 0.05) is 23.2 Å². The first-order valence-corrected chi connectivity index (χ1v) is 11.0. The molecule has 2 aromatic heterocycles. The zero-order valence-electron chi connectivity index (χ0n) is 15.4. The van der Waals surface area contributed by atoms with Gasteiger partial charge in [-0.3, -0.25) is 9.48 Å². The summed E-state index contributed by atoms with van der Waals surface area (Å²) in [5.74, 6) is 0. The van der Waals surface area contributed by atoms with Crippen LogP contribution in [0.3, 0.4) is 0 Å². The molecule has 1 N–H and O–H groups in total. The zero-order chi connectivity index (χ0) is 20.6. The highest BCUT2D eigenvalue weighted by atomic mass is 32.2. The number of sulfonamides is 1. The maximum absolute atomic E-state index is 13.0. The standard InChI is InChI=1S/C20H16N4O3S2/c1-23-15(11-19(25)24(23)14-7-3-2-4-8-14)13-22-29(26,27)20-16-9-5-6-10-17(16)28-18(20)12-21/h2-11,22H,13H2,1H3. The third-order valence-corrected chi connectivity index (χ3v) is 7.27. The zero-order valence-corrected chi connectivity index (χ0v) is 17.0. The molecule has 0 fully saturated rings. The van der Waals surface area contributed by atoms with Crippen molar-refractivity contribution < 1.29 is 8.42 Å². The molecule has 0 radical (unpaired) electrons. The number of rotatable bonds is 5. The molecule has 0 unspecified atom stereocenters. The van der Waals surface area contributed by atoms with Gasteiger partial charge in [-0.15, -0.1) is 11.3 Å². The Hall–Kier alpha value is -3.19. The predicted octanol–water partition coefficient (Wildman–Crippen LogP) is 2.74. The Morgan fingerprint density at radius 1 is 1.10 bits per heavy atom. The van der Waals surface area contributed by atoms with E-state index in [9.17, 15) is 18.5 Å². The van der Waals surface area contributed by atoms with E-state index in [0.29, 0.717) is 16.8 Å². The average molecular weight is 425 g/mol. The number of benzene rings is 2. The molecule has 4 rings (SSSR count). The number of thiophene rings is 1. The first kappa shape index (κ1) is 19.1. The number of fused-ring (bicyclic) bond motifs is 1. The molecule has 0 bridgehead atoms. The lowest BCUT2D eigenvalue weighted by Gasteiger charge is -2.11. The second-order valence-electron chi connectivity index (χ2n) is 6.34. The summed E-state index contributed by atoms with van der Waals surface area (Å²) in [4.78, 5) is 12.5. The Balaban J connectivity index is 1.69. The van der Waals surface area contributed by atoms with Crippen molar-refractivity contribution >= 4 is 31.4 Å². The molecule has 0 atom stereocenters. The Bertz CT molecular complexity index is 1410. The predicted molar refractivity (Wildman–Crippen MR) is 112 cm³/mol. The Morgan fingerprint density at radius 3 is 2.52 bits per heavy atom. The fourth-order valence-electron chi connectivity index (χ4n) is 3.21. The molecule has 2 heterocycles. The summed E-state index contributed by atoms with van der Waals surface area (Å²) >= 11 is 1.14. The Kier molecular flexibility index (Phi) is 4.84. The van der Waals surface area contributed by atoms with Gasteiger partial charge in [-0.05, 0) is 18.2 Å². The highest BCUT2D eigenvalue weighted by molar-refractivity contribution is 7.90. The van der Waals surface area contributed by atoms with Crippen molar-refractivity contribution in [2.75, 3.05) is 0 Å². The second-order valence-corrected chi connectivity index (χ2v) is 9.09. The molecule has 4 aromatic rings. The quantitative estimate of drug-likeness (QED) is 0.533. The molecule has 9 heteroatoms. The minimum Gasteiger partial charge on any atom is -0.284 e. The van der Waals surface area contributed by atoms with Crippen LogP contribution in [-0.2, 0) is 23.6 Å². The van der Waals surface area contributed by atoms with E-state index >= 15 is 0 Å². The molecule has 0 saturated heterocycles. The third kappa shape index (κ3) is 3.38. The fraction of sp³-hybridized carbons (Fsp3) is 0.100. The van der Waals surface area contributed by atoms with E-state index in [4.69, 9.17) is 0 Å². The monoisotopic (exact) mass is 424 g/mol. The lowest BCUT2D eigenvalue weighted by atomic mass is 10.2. The van der Waals surface area contributed by atoms with E-state index in [1.54, 1.807) is 48.1 Å². The Labute approximate surface area is 171 Å². The molecule has 0 aliphatic heterocycles. The van der Waals surface area contributed by atoms with Crippen LogP contribution in [0.5, 0.6) is 0 Å². The van der Waals surface area contributed by atoms with Crippen molar-refractivity contribution in [3.05, 3.63) is 81.6 Å². The molecule has 29 heavy (non-hydrogen) atoms. The van der Waals surface area contributed by atoms with Crippen LogP contribution in [0.4, 0.5) is 0 Å². The molecular formula is C20H16N4O3S2. The minimum absolute atomic E-state index is 0.0203. The molecule has 146 valence electrons. The van der Waals surface area contributed by atoms with E-state index in [0.717, 1.165) is 16.0 Å². The normalized spacial score (nSPS) is 11.6. The maximum atomic E-state index is 13.0. The van der Waals surface area contributed by atoms with Gasteiger partial charge in [0.1, 0.15) is 15.8 Å². The number of nitrogens with zero attached hydrogens (tertiary/aromatic N) is 3. The molecule has 0 amide bonds. The van der Waals surface area contributed by atoms with Crippen molar-refractivity contribution in [1.29, 1.82) is 5.26 Å². The van der Waals surface area contributed by atoms with Crippen LogP contribution in [0, 0.1) is 11.3 Å². The molecule has 0 aliphatic rings. The van der Waals surface area contributed by atoms with Crippen molar-refractivity contribution in [1.82, 2.24) is 14.1 Å². The van der Waals surface area contributed by atoms with Gasteiger partial charge in [-0.25, -0.2) is 17.8 Å². The number of nitriles is 1. The summed E-state index contributed by atoms with van der Waals surface area (Å²) in [5.41, 5.74) is 0.928. The van der Waals surface area contributed by atoms with Crippen LogP contribution in [0.1, 0.15) is 10.6 Å². The smallest absolute Gasteiger partial charge is 0.271 e. The second kappa shape index (κ2) is 7.33. The van der Waals surface area contributed by atoms with Crippen LogP contribution in [0.2, 0.25) is 0 Å². The summed E-state index contributed by atoms with van der Waals surface area (Å²) in [7, 11) is -2.26. The van der Waals surface area contributed by atoms with Crippen LogP contribution in [0.25, 0.3) is 15.8 Å². The Morgan fingerprint density at radius 2 is 1.79 bits per heavy atom. The van der Waals surface area contributed by atoms with E-state index < -0.39 is 10.0 Å². The lowest BCUT2D eigenvalue weighted by molar-refractivity contribution is 0.571. The van der Waals surface area contributed by atoms with Crippen molar-refractivity contribution in [2.24, 2.45) is 7.05 Å². The van der Waals surface area contributed by atoms with Gasteiger partial charge >= 0.3 is 0 Å². The van der Waals surface area contributed by atoms with Gasteiger partial charge in [0.05, 0.1) is 17.9 Å². The number of para-hydroxylation sites is 1. The molecule has 2 aromatic carbocycles. The summed E-state index contributed by atoms with van der Waals surface area (Å²) in [6.45, 7) is -0.0804. The number of hydrogen-bond donors (Lipinski definition) is 1. The van der Waals surface area contributed by atoms with Gasteiger partial charge in [0.25, 0.3) is 5.56 Å². The van der Waals surface area contributed by atoms with E-state index in [1.807, 2.05) is 24.3 Å². The van der Waals surface area contributed by atoms with Crippen LogP contribution in [-0.4, -0.2) is 17.8 Å². The van der Waals surface area contributed by atoms with Crippen molar-refractivity contribution in [2.45, 2.75) is 11.4 Å². The first-order valence-electron chi connectivity index (χ1n) is 8.67. The highest BCUT2D eigenvalue weighted by Crippen LogP contribution is 2.34. The minimum atomic E-state index is -3.96. The molecule has 0 spiro atoms. The van der Waals surface area contributed by atoms with Gasteiger partial charge in [-0.1, -0.05) is 36.4 Å². The third-order valence-electron chi connectivity index (χ3n) is 4.58. The van der Waals surface area contributed by atoms with Crippen LogP contribution < -0.4 is 10.3 Å². The molecule has 7 nitrogen and oxygen atoms in total. The van der Waals surface area contributed by atoms with E-state index in [1.165, 1.54) is 10.7 Å². The van der Waals surface area contributed by atoms with Gasteiger partial charge < -0.3 is 0 Å². The fourth-order valence-corrected chi connectivity index (χ4v) is 5.86. The largest absolute Gasteiger partial charge is 0.284 e. The summed E-state index contributed by atoms with van der Waals surface area (Å²) < 4.78 is 32.3.